The summed E-state index contributed by atoms with van der Waals surface area (Å²) in [6, 6.07) is 6.62. The first-order valence-electron chi connectivity index (χ1n) is 6.21. The van der Waals surface area contributed by atoms with Gasteiger partial charge in [-0.1, -0.05) is 33.6 Å². The van der Waals surface area contributed by atoms with Gasteiger partial charge in [-0.2, -0.15) is 0 Å². The Morgan fingerprint density at radius 1 is 1.29 bits per heavy atom. The Morgan fingerprint density at radius 2 is 2.06 bits per heavy atom. The van der Waals surface area contributed by atoms with Crippen molar-refractivity contribution in [3.05, 3.63) is 29.3 Å². The Bertz CT molecular complexity index is 341. The summed E-state index contributed by atoms with van der Waals surface area (Å²) >= 11 is 3.56. The van der Waals surface area contributed by atoms with Crippen LogP contribution in [0.25, 0.3) is 0 Å². The number of nitrogens with zero attached hydrogens (tertiary/aromatic N) is 1. The molecule has 1 rings (SSSR count). The summed E-state index contributed by atoms with van der Waals surface area (Å²) in [5.41, 5.74) is 3.97. The molecule has 0 aliphatic rings. The Kier molecular flexibility index (Phi) is 6.60. The minimum Gasteiger partial charge on any atom is -0.380 e. The quantitative estimate of drug-likeness (QED) is 0.561. The van der Waals surface area contributed by atoms with Crippen LogP contribution in [0.4, 0.5) is 5.69 Å². The van der Waals surface area contributed by atoms with Crippen LogP contribution in [0.3, 0.4) is 0 Å². The molecule has 0 spiro atoms. The van der Waals surface area contributed by atoms with E-state index in [2.05, 4.69) is 52.9 Å². The van der Waals surface area contributed by atoms with Gasteiger partial charge in [0, 0.05) is 30.7 Å². The van der Waals surface area contributed by atoms with Crippen LogP contribution < -0.4 is 4.90 Å². The van der Waals surface area contributed by atoms with Gasteiger partial charge >= 0.3 is 0 Å². The van der Waals surface area contributed by atoms with Crippen LogP contribution in [0.2, 0.25) is 0 Å². The van der Waals surface area contributed by atoms with E-state index in [4.69, 9.17) is 4.74 Å². The third kappa shape index (κ3) is 4.32. The lowest BCUT2D eigenvalue weighted by Crippen LogP contribution is -2.28. The molecule has 0 unspecified atom stereocenters. The number of anilines is 1. The third-order valence-electron chi connectivity index (χ3n) is 2.81. The highest BCUT2D eigenvalue weighted by molar-refractivity contribution is 9.08. The molecule has 0 fully saturated rings. The van der Waals surface area contributed by atoms with Crippen molar-refractivity contribution < 1.29 is 4.74 Å². The summed E-state index contributed by atoms with van der Waals surface area (Å²) in [4.78, 5) is 2.37. The van der Waals surface area contributed by atoms with Crippen molar-refractivity contribution in [1.82, 2.24) is 0 Å². The van der Waals surface area contributed by atoms with E-state index >= 15 is 0 Å². The molecule has 0 radical (unpaired) electrons. The first-order valence-corrected chi connectivity index (χ1v) is 7.33. The number of hydrogen-bond donors (Lipinski definition) is 0. The van der Waals surface area contributed by atoms with E-state index in [0.717, 1.165) is 31.6 Å². The van der Waals surface area contributed by atoms with E-state index < -0.39 is 0 Å². The van der Waals surface area contributed by atoms with E-state index in [-0.39, 0.29) is 0 Å². The first-order chi connectivity index (χ1) is 8.22. The standard InChI is InChI=1S/C14H22BrNO/c1-4-16(8-9-17-5-2)14-7-6-12(3)10-13(14)11-15/h6-7,10H,4-5,8-9,11H2,1-3H3. The number of benzene rings is 1. The molecule has 3 heteroatoms. The molecule has 96 valence electrons. The van der Waals surface area contributed by atoms with Gasteiger partial charge in [-0.3, -0.25) is 0 Å². The van der Waals surface area contributed by atoms with Crippen LogP contribution in [0.1, 0.15) is 25.0 Å². The number of ether oxygens (including phenoxy) is 1. The van der Waals surface area contributed by atoms with Crippen molar-refractivity contribution in [2.24, 2.45) is 0 Å². The number of rotatable bonds is 7. The van der Waals surface area contributed by atoms with Crippen molar-refractivity contribution in [3.63, 3.8) is 0 Å². The summed E-state index contributed by atoms with van der Waals surface area (Å²) in [5.74, 6) is 0. The molecule has 1 aromatic carbocycles. The van der Waals surface area contributed by atoms with Crippen molar-refractivity contribution in [3.8, 4) is 0 Å². The molecule has 1 aromatic rings. The summed E-state index contributed by atoms with van der Waals surface area (Å²) in [7, 11) is 0. The first kappa shape index (κ1) is 14.5. The molecule has 2 nitrogen and oxygen atoms in total. The molecular formula is C14H22BrNO. The normalized spacial score (nSPS) is 10.6. The monoisotopic (exact) mass is 299 g/mol. The maximum Gasteiger partial charge on any atom is 0.0641 e. The lowest BCUT2D eigenvalue weighted by Gasteiger charge is -2.25. The molecule has 0 heterocycles. The Hall–Kier alpha value is -0.540. The van der Waals surface area contributed by atoms with Crippen LogP contribution in [-0.2, 0) is 10.1 Å². The molecule has 0 aliphatic carbocycles. The number of aryl methyl sites for hydroxylation is 1. The van der Waals surface area contributed by atoms with Crippen molar-refractivity contribution in [2.45, 2.75) is 26.1 Å². The topological polar surface area (TPSA) is 12.5 Å². The second kappa shape index (κ2) is 7.72. The predicted octanol–water partition coefficient (Wildman–Crippen LogP) is 3.75. The highest BCUT2D eigenvalue weighted by Crippen LogP contribution is 2.24. The van der Waals surface area contributed by atoms with Crippen LogP contribution in [-0.4, -0.2) is 26.3 Å². The van der Waals surface area contributed by atoms with E-state index in [1.807, 2.05) is 6.92 Å². The van der Waals surface area contributed by atoms with Crippen molar-refractivity contribution >= 4 is 21.6 Å². The average Bonchev–Trinajstić information content (AvgIpc) is 2.35. The summed E-state index contributed by atoms with van der Waals surface area (Å²) in [6.45, 7) is 9.89. The molecule has 0 amide bonds. The van der Waals surface area contributed by atoms with Crippen LogP contribution >= 0.6 is 15.9 Å². The maximum atomic E-state index is 5.43. The zero-order valence-electron chi connectivity index (χ0n) is 11.0. The second-order valence-corrected chi connectivity index (χ2v) is 4.60. The van der Waals surface area contributed by atoms with Crippen LogP contribution in [0.15, 0.2) is 18.2 Å². The molecule has 0 saturated carbocycles. The molecule has 17 heavy (non-hydrogen) atoms. The summed E-state index contributed by atoms with van der Waals surface area (Å²) < 4.78 is 5.43. The number of halogens is 1. The minimum atomic E-state index is 0.788. The average molecular weight is 300 g/mol. The molecule has 0 aromatic heterocycles. The van der Waals surface area contributed by atoms with Gasteiger partial charge in [0.2, 0.25) is 0 Å². The van der Waals surface area contributed by atoms with Gasteiger partial charge in [-0.05, 0) is 32.4 Å². The fourth-order valence-corrected chi connectivity index (χ4v) is 2.35. The lowest BCUT2D eigenvalue weighted by atomic mass is 10.1. The molecule has 0 atom stereocenters. The smallest absolute Gasteiger partial charge is 0.0641 e. The summed E-state index contributed by atoms with van der Waals surface area (Å²) in [6.07, 6.45) is 0. The van der Waals surface area contributed by atoms with Gasteiger partial charge in [0.1, 0.15) is 0 Å². The minimum absolute atomic E-state index is 0.788. The Balaban J connectivity index is 2.79. The van der Waals surface area contributed by atoms with Crippen molar-refractivity contribution in [1.29, 1.82) is 0 Å². The van der Waals surface area contributed by atoms with E-state index in [1.165, 1.54) is 16.8 Å². The van der Waals surface area contributed by atoms with Gasteiger partial charge in [0.25, 0.3) is 0 Å². The number of alkyl halides is 1. The van der Waals surface area contributed by atoms with Crippen LogP contribution in [0.5, 0.6) is 0 Å². The van der Waals surface area contributed by atoms with Gasteiger partial charge in [0.05, 0.1) is 6.61 Å². The number of hydrogen-bond acceptors (Lipinski definition) is 2. The number of likely N-dealkylation sites (N-methyl/N-ethyl adjacent to an activating group) is 1. The SMILES string of the molecule is CCOCCN(CC)c1ccc(C)cc1CBr. The predicted molar refractivity (Wildman–Crippen MR) is 78.2 cm³/mol. The fourth-order valence-electron chi connectivity index (χ4n) is 1.90. The van der Waals surface area contributed by atoms with Crippen molar-refractivity contribution in [2.75, 3.05) is 31.2 Å². The maximum absolute atomic E-state index is 5.43. The second-order valence-electron chi connectivity index (χ2n) is 4.04. The van der Waals surface area contributed by atoms with Gasteiger partial charge in [-0.15, -0.1) is 0 Å². The Morgan fingerprint density at radius 3 is 2.65 bits per heavy atom. The molecule has 0 bridgehead atoms. The lowest BCUT2D eigenvalue weighted by molar-refractivity contribution is 0.154. The van der Waals surface area contributed by atoms with E-state index in [1.54, 1.807) is 0 Å². The van der Waals surface area contributed by atoms with E-state index in [0.29, 0.717) is 0 Å². The fraction of sp³-hybridized carbons (Fsp3) is 0.571. The summed E-state index contributed by atoms with van der Waals surface area (Å²) in [5, 5.41) is 0.898. The molecule has 0 aliphatic heterocycles. The van der Waals surface area contributed by atoms with Gasteiger partial charge in [-0.25, -0.2) is 0 Å². The van der Waals surface area contributed by atoms with Gasteiger partial charge in [0.15, 0.2) is 0 Å². The highest BCUT2D eigenvalue weighted by atomic mass is 79.9. The zero-order chi connectivity index (χ0) is 12.7. The zero-order valence-corrected chi connectivity index (χ0v) is 12.6. The van der Waals surface area contributed by atoms with Gasteiger partial charge < -0.3 is 9.64 Å². The van der Waals surface area contributed by atoms with E-state index in [9.17, 15) is 0 Å². The molecular weight excluding hydrogens is 278 g/mol. The Labute approximate surface area is 113 Å². The largest absolute Gasteiger partial charge is 0.380 e. The third-order valence-corrected chi connectivity index (χ3v) is 3.42. The highest BCUT2D eigenvalue weighted by Gasteiger charge is 2.09. The molecule has 0 N–H and O–H groups in total. The molecule has 0 saturated heterocycles. The van der Waals surface area contributed by atoms with Crippen LogP contribution in [0, 0.1) is 6.92 Å².